The highest BCUT2D eigenvalue weighted by Crippen LogP contribution is 2.30. The Morgan fingerprint density at radius 2 is 1.97 bits per heavy atom. The van der Waals surface area contributed by atoms with Crippen LogP contribution in [0.1, 0.15) is 26.3 Å². The van der Waals surface area contributed by atoms with E-state index in [1.54, 1.807) is 26.8 Å². The summed E-state index contributed by atoms with van der Waals surface area (Å²) in [6.07, 6.45) is 1.41. The molecule has 166 valence electrons. The van der Waals surface area contributed by atoms with Crippen molar-refractivity contribution < 1.29 is 23.5 Å². The van der Waals surface area contributed by atoms with Gasteiger partial charge < -0.3 is 24.2 Å². The van der Waals surface area contributed by atoms with Crippen LogP contribution < -0.4 is 5.32 Å². The maximum atomic E-state index is 12.2. The second-order valence-electron chi connectivity index (χ2n) is 8.50. The van der Waals surface area contributed by atoms with Gasteiger partial charge in [-0.3, -0.25) is 0 Å². The average molecular weight is 435 g/mol. The van der Waals surface area contributed by atoms with E-state index < -0.39 is 23.7 Å². The van der Waals surface area contributed by atoms with Gasteiger partial charge in [-0.15, -0.1) is 0 Å². The third kappa shape index (κ3) is 4.59. The van der Waals surface area contributed by atoms with Crippen molar-refractivity contribution in [3.63, 3.8) is 0 Å². The summed E-state index contributed by atoms with van der Waals surface area (Å²) in [7, 11) is 1.28. The van der Waals surface area contributed by atoms with Gasteiger partial charge in [-0.1, -0.05) is 24.3 Å². The topological polar surface area (TPSA) is 106 Å². The zero-order chi connectivity index (χ0) is 22.9. The number of H-pyrrole nitrogens is 1. The number of alkyl carbamates (subject to hydrolysis) is 1. The van der Waals surface area contributed by atoms with Gasteiger partial charge in [0, 0.05) is 23.5 Å². The van der Waals surface area contributed by atoms with Crippen molar-refractivity contribution in [1.29, 1.82) is 0 Å². The average Bonchev–Trinajstić information content (AvgIpc) is 3.34. The van der Waals surface area contributed by atoms with Crippen molar-refractivity contribution in [2.75, 3.05) is 7.11 Å². The largest absolute Gasteiger partial charge is 0.467 e. The predicted molar refractivity (Wildman–Crippen MR) is 120 cm³/mol. The SMILES string of the molecule is COC(=O)[C@H](Cc1ccc2oc(-c3c[nH]c4ccccc34)nc2c1)NC(=O)OC(C)(C)C. The maximum absolute atomic E-state index is 12.2. The Morgan fingerprint density at radius 1 is 1.19 bits per heavy atom. The van der Waals surface area contributed by atoms with Crippen LogP contribution in [0.15, 0.2) is 53.1 Å². The van der Waals surface area contributed by atoms with E-state index in [9.17, 15) is 9.59 Å². The molecule has 1 atom stereocenters. The molecular weight excluding hydrogens is 410 g/mol. The van der Waals surface area contributed by atoms with E-state index in [0.29, 0.717) is 17.0 Å². The number of carbonyl (C=O) groups is 2. The monoisotopic (exact) mass is 435 g/mol. The number of amides is 1. The minimum atomic E-state index is -0.896. The number of aromatic nitrogens is 2. The van der Waals surface area contributed by atoms with Crippen LogP contribution in [-0.2, 0) is 20.7 Å². The molecule has 0 radical (unpaired) electrons. The maximum Gasteiger partial charge on any atom is 0.408 e. The van der Waals surface area contributed by atoms with E-state index in [0.717, 1.165) is 22.0 Å². The molecule has 1 amide bonds. The number of esters is 1. The first kappa shape index (κ1) is 21.4. The Labute approximate surface area is 184 Å². The van der Waals surface area contributed by atoms with Crippen molar-refractivity contribution in [1.82, 2.24) is 15.3 Å². The molecule has 0 saturated carbocycles. The molecule has 8 nitrogen and oxygen atoms in total. The van der Waals surface area contributed by atoms with E-state index in [4.69, 9.17) is 13.9 Å². The summed E-state index contributed by atoms with van der Waals surface area (Å²) in [5.74, 6) is -0.0541. The van der Waals surface area contributed by atoms with E-state index in [2.05, 4.69) is 15.3 Å². The minimum Gasteiger partial charge on any atom is -0.467 e. The molecule has 2 N–H and O–H groups in total. The van der Waals surface area contributed by atoms with Crippen LogP contribution in [0.2, 0.25) is 0 Å². The lowest BCUT2D eigenvalue weighted by Crippen LogP contribution is -2.45. The van der Waals surface area contributed by atoms with E-state index in [1.807, 2.05) is 42.6 Å². The van der Waals surface area contributed by atoms with Gasteiger partial charge in [0.2, 0.25) is 5.89 Å². The standard InChI is InChI=1S/C24H25N3O5/c1-24(2,3)32-23(29)27-19(22(28)30-4)12-14-9-10-20-18(11-14)26-21(31-20)16-13-25-17-8-6-5-7-15(16)17/h5-11,13,19,25H,12H2,1-4H3,(H,27,29)/t19-/m0/s1. The number of nitrogens with zero attached hydrogens (tertiary/aromatic N) is 1. The summed E-state index contributed by atoms with van der Waals surface area (Å²) in [5, 5.41) is 3.60. The highest BCUT2D eigenvalue weighted by atomic mass is 16.6. The van der Waals surface area contributed by atoms with Crippen molar-refractivity contribution in [3.8, 4) is 11.5 Å². The lowest BCUT2D eigenvalue weighted by atomic mass is 10.1. The second kappa shape index (κ2) is 8.37. The number of ether oxygens (including phenoxy) is 2. The molecule has 32 heavy (non-hydrogen) atoms. The normalized spacial score (nSPS) is 12.6. The lowest BCUT2D eigenvalue weighted by molar-refractivity contribution is -0.143. The number of benzene rings is 2. The molecule has 4 aromatic rings. The van der Waals surface area contributed by atoms with Gasteiger partial charge in [-0.25, -0.2) is 14.6 Å². The molecule has 0 aliphatic heterocycles. The molecule has 0 fully saturated rings. The zero-order valence-corrected chi connectivity index (χ0v) is 18.4. The van der Waals surface area contributed by atoms with E-state index in [-0.39, 0.29) is 6.42 Å². The number of methoxy groups -OCH3 is 1. The molecule has 2 aromatic carbocycles. The van der Waals surface area contributed by atoms with Crippen LogP contribution in [0.4, 0.5) is 4.79 Å². The number of para-hydroxylation sites is 1. The fourth-order valence-corrected chi connectivity index (χ4v) is 3.48. The fourth-order valence-electron chi connectivity index (χ4n) is 3.48. The second-order valence-corrected chi connectivity index (χ2v) is 8.50. The molecular formula is C24H25N3O5. The van der Waals surface area contributed by atoms with Gasteiger partial charge in [0.15, 0.2) is 5.58 Å². The first-order chi connectivity index (χ1) is 15.2. The van der Waals surface area contributed by atoms with E-state index in [1.165, 1.54) is 7.11 Å². The van der Waals surface area contributed by atoms with Gasteiger partial charge in [0.25, 0.3) is 0 Å². The quantitative estimate of drug-likeness (QED) is 0.444. The third-order valence-corrected chi connectivity index (χ3v) is 4.89. The molecule has 0 spiro atoms. The number of fused-ring (bicyclic) bond motifs is 2. The summed E-state index contributed by atoms with van der Waals surface area (Å²) < 4.78 is 16.1. The summed E-state index contributed by atoms with van der Waals surface area (Å²) in [4.78, 5) is 32.2. The summed E-state index contributed by atoms with van der Waals surface area (Å²) in [5.41, 5.74) is 3.27. The van der Waals surface area contributed by atoms with Crippen LogP contribution in [0, 0.1) is 0 Å². The lowest BCUT2D eigenvalue weighted by Gasteiger charge is -2.22. The third-order valence-electron chi connectivity index (χ3n) is 4.89. The smallest absolute Gasteiger partial charge is 0.408 e. The molecule has 2 heterocycles. The molecule has 0 aliphatic carbocycles. The highest BCUT2D eigenvalue weighted by molar-refractivity contribution is 5.94. The molecule has 0 unspecified atom stereocenters. The van der Waals surface area contributed by atoms with Gasteiger partial charge in [0.05, 0.1) is 12.7 Å². The molecule has 0 bridgehead atoms. The summed E-state index contributed by atoms with van der Waals surface area (Å²) in [6, 6.07) is 12.5. The fraction of sp³-hybridized carbons (Fsp3) is 0.292. The summed E-state index contributed by atoms with van der Waals surface area (Å²) in [6.45, 7) is 5.26. The summed E-state index contributed by atoms with van der Waals surface area (Å²) >= 11 is 0. The Morgan fingerprint density at radius 3 is 2.72 bits per heavy atom. The molecule has 2 aromatic heterocycles. The van der Waals surface area contributed by atoms with E-state index >= 15 is 0 Å². The zero-order valence-electron chi connectivity index (χ0n) is 18.4. The van der Waals surface area contributed by atoms with Gasteiger partial charge in [-0.2, -0.15) is 0 Å². The molecule has 0 aliphatic rings. The number of oxazole rings is 1. The Balaban J connectivity index is 1.58. The molecule has 8 heteroatoms. The number of hydrogen-bond donors (Lipinski definition) is 2. The van der Waals surface area contributed by atoms with Gasteiger partial charge in [0.1, 0.15) is 17.2 Å². The van der Waals surface area contributed by atoms with Gasteiger partial charge >= 0.3 is 12.1 Å². The van der Waals surface area contributed by atoms with Crippen LogP contribution in [0.3, 0.4) is 0 Å². The van der Waals surface area contributed by atoms with Crippen LogP contribution in [0.25, 0.3) is 33.5 Å². The van der Waals surface area contributed by atoms with Gasteiger partial charge in [-0.05, 0) is 44.5 Å². The van der Waals surface area contributed by atoms with Crippen LogP contribution >= 0.6 is 0 Å². The number of rotatable bonds is 5. The Hall–Kier alpha value is -3.81. The number of carbonyl (C=O) groups excluding carboxylic acids is 2. The van der Waals surface area contributed by atoms with Crippen LogP contribution in [-0.4, -0.2) is 40.8 Å². The van der Waals surface area contributed by atoms with Crippen LogP contribution in [0.5, 0.6) is 0 Å². The number of nitrogens with one attached hydrogen (secondary N) is 2. The minimum absolute atomic E-state index is 0.219. The predicted octanol–water partition coefficient (Wildman–Crippen LogP) is 4.58. The Bertz CT molecular complexity index is 1280. The first-order valence-electron chi connectivity index (χ1n) is 10.3. The number of hydrogen-bond acceptors (Lipinski definition) is 6. The number of aromatic amines is 1. The van der Waals surface area contributed by atoms with Crippen molar-refractivity contribution in [3.05, 3.63) is 54.2 Å². The van der Waals surface area contributed by atoms with Crippen molar-refractivity contribution in [2.24, 2.45) is 0 Å². The Kier molecular flexibility index (Phi) is 5.61. The van der Waals surface area contributed by atoms with Crippen molar-refractivity contribution >= 4 is 34.1 Å². The molecule has 0 saturated heterocycles. The highest BCUT2D eigenvalue weighted by Gasteiger charge is 2.25. The molecule has 4 rings (SSSR count). The first-order valence-corrected chi connectivity index (χ1v) is 10.3. The van der Waals surface area contributed by atoms with Crippen molar-refractivity contribution in [2.45, 2.75) is 38.8 Å².